The third-order valence-corrected chi connectivity index (χ3v) is 5.38. The molecule has 3 aromatic heterocycles. The Hall–Kier alpha value is -2.77. The Bertz CT molecular complexity index is 914. The van der Waals surface area contributed by atoms with Gasteiger partial charge in [-0.2, -0.15) is 0 Å². The van der Waals surface area contributed by atoms with Crippen molar-refractivity contribution in [3.63, 3.8) is 0 Å². The Morgan fingerprint density at radius 3 is 2.89 bits per heavy atom. The average molecular weight is 381 g/mol. The van der Waals surface area contributed by atoms with E-state index in [0.29, 0.717) is 12.5 Å². The fourth-order valence-corrected chi connectivity index (χ4v) is 3.97. The molecule has 1 atom stereocenters. The SMILES string of the molecule is CCCc1cc(N2CCCC(c3nnc(Cn4ccnc4)n3C)C2)nc(C)n1. The fraction of sp³-hybridized carbons (Fsp3) is 0.550. The monoisotopic (exact) mass is 380 g/mol. The number of hydrogen-bond acceptors (Lipinski definition) is 6. The molecule has 8 heteroatoms. The maximum atomic E-state index is 4.71. The first-order chi connectivity index (χ1) is 13.6. The van der Waals surface area contributed by atoms with Crippen molar-refractivity contribution < 1.29 is 0 Å². The molecule has 0 radical (unpaired) electrons. The molecule has 1 fully saturated rings. The van der Waals surface area contributed by atoms with Gasteiger partial charge in [-0.25, -0.2) is 15.0 Å². The molecule has 0 N–H and O–H groups in total. The van der Waals surface area contributed by atoms with E-state index in [2.05, 4.69) is 49.7 Å². The summed E-state index contributed by atoms with van der Waals surface area (Å²) in [5, 5.41) is 8.97. The van der Waals surface area contributed by atoms with E-state index in [4.69, 9.17) is 4.98 Å². The van der Waals surface area contributed by atoms with E-state index in [1.165, 1.54) is 0 Å². The molecule has 1 saturated heterocycles. The smallest absolute Gasteiger partial charge is 0.152 e. The summed E-state index contributed by atoms with van der Waals surface area (Å²) in [6.45, 7) is 6.79. The van der Waals surface area contributed by atoms with Crippen LogP contribution in [0.15, 0.2) is 24.8 Å². The van der Waals surface area contributed by atoms with Crippen LogP contribution >= 0.6 is 0 Å². The number of piperidine rings is 1. The minimum atomic E-state index is 0.354. The number of aromatic nitrogens is 7. The largest absolute Gasteiger partial charge is 0.356 e. The van der Waals surface area contributed by atoms with Crippen molar-refractivity contribution in [3.8, 4) is 0 Å². The van der Waals surface area contributed by atoms with Gasteiger partial charge < -0.3 is 14.0 Å². The molecule has 0 aromatic carbocycles. The average Bonchev–Trinajstić information content (AvgIpc) is 3.32. The van der Waals surface area contributed by atoms with Crippen LogP contribution in [0.2, 0.25) is 0 Å². The highest BCUT2D eigenvalue weighted by Crippen LogP contribution is 2.29. The summed E-state index contributed by atoms with van der Waals surface area (Å²) in [5.74, 6) is 4.26. The summed E-state index contributed by atoms with van der Waals surface area (Å²) in [4.78, 5) is 15.8. The molecule has 0 bridgehead atoms. The molecule has 28 heavy (non-hydrogen) atoms. The van der Waals surface area contributed by atoms with E-state index in [1.807, 2.05) is 24.0 Å². The van der Waals surface area contributed by atoms with E-state index in [9.17, 15) is 0 Å². The number of aryl methyl sites for hydroxylation is 2. The van der Waals surface area contributed by atoms with E-state index >= 15 is 0 Å². The summed E-state index contributed by atoms with van der Waals surface area (Å²) < 4.78 is 4.15. The quantitative estimate of drug-likeness (QED) is 0.654. The van der Waals surface area contributed by atoms with Crippen LogP contribution in [0.1, 0.15) is 55.3 Å². The molecule has 1 aliphatic heterocycles. The molecule has 0 aliphatic carbocycles. The van der Waals surface area contributed by atoms with Gasteiger partial charge in [-0.05, 0) is 26.2 Å². The number of hydrogen-bond donors (Lipinski definition) is 0. The van der Waals surface area contributed by atoms with Crippen LogP contribution in [0, 0.1) is 6.92 Å². The standard InChI is InChI=1S/C20H28N8/c1-4-6-17-11-18(23-15(2)22-17)28-9-5-7-16(12-28)20-25-24-19(26(20)3)13-27-10-8-21-14-27/h8,10-11,14,16H,4-7,9,12-13H2,1-3H3. The first-order valence-electron chi connectivity index (χ1n) is 10.1. The first-order valence-corrected chi connectivity index (χ1v) is 10.1. The van der Waals surface area contributed by atoms with Crippen molar-refractivity contribution in [3.05, 3.63) is 48.0 Å². The lowest BCUT2D eigenvalue weighted by molar-refractivity contribution is 0.475. The van der Waals surface area contributed by atoms with Gasteiger partial charge in [-0.15, -0.1) is 10.2 Å². The second-order valence-corrected chi connectivity index (χ2v) is 7.57. The Labute approximate surface area is 165 Å². The van der Waals surface area contributed by atoms with Gasteiger partial charge in [0, 0.05) is 50.2 Å². The molecule has 3 aromatic rings. The van der Waals surface area contributed by atoms with Gasteiger partial charge >= 0.3 is 0 Å². The normalized spacial score (nSPS) is 17.2. The third-order valence-electron chi connectivity index (χ3n) is 5.38. The Kier molecular flexibility index (Phi) is 5.36. The maximum Gasteiger partial charge on any atom is 0.152 e. The van der Waals surface area contributed by atoms with Crippen molar-refractivity contribution in [1.29, 1.82) is 0 Å². The number of anilines is 1. The molecule has 1 aliphatic rings. The van der Waals surface area contributed by atoms with E-state index in [0.717, 1.165) is 67.8 Å². The molecule has 8 nitrogen and oxygen atoms in total. The van der Waals surface area contributed by atoms with Crippen LogP contribution in [0.4, 0.5) is 5.82 Å². The summed E-state index contributed by atoms with van der Waals surface area (Å²) in [6.07, 6.45) is 9.88. The van der Waals surface area contributed by atoms with Crippen molar-refractivity contribution in [1.82, 2.24) is 34.3 Å². The van der Waals surface area contributed by atoms with Crippen molar-refractivity contribution in [2.24, 2.45) is 7.05 Å². The van der Waals surface area contributed by atoms with Gasteiger partial charge in [-0.3, -0.25) is 0 Å². The van der Waals surface area contributed by atoms with Gasteiger partial charge in [-0.1, -0.05) is 13.3 Å². The molecule has 1 unspecified atom stereocenters. The maximum absolute atomic E-state index is 4.71. The lowest BCUT2D eigenvalue weighted by Crippen LogP contribution is -2.36. The fourth-order valence-electron chi connectivity index (χ4n) is 3.97. The Morgan fingerprint density at radius 1 is 1.21 bits per heavy atom. The summed E-state index contributed by atoms with van der Waals surface area (Å²) in [6, 6.07) is 2.15. The zero-order chi connectivity index (χ0) is 19.5. The molecular weight excluding hydrogens is 352 g/mol. The topological polar surface area (TPSA) is 77.5 Å². The highest BCUT2D eigenvalue weighted by molar-refractivity contribution is 5.41. The van der Waals surface area contributed by atoms with Gasteiger partial charge in [0.05, 0.1) is 12.9 Å². The van der Waals surface area contributed by atoms with Crippen molar-refractivity contribution in [2.75, 3.05) is 18.0 Å². The first kappa shape index (κ1) is 18.6. The zero-order valence-electron chi connectivity index (χ0n) is 16.9. The van der Waals surface area contributed by atoms with Crippen LogP contribution in [0.3, 0.4) is 0 Å². The summed E-state index contributed by atoms with van der Waals surface area (Å²) in [5.41, 5.74) is 1.13. The van der Waals surface area contributed by atoms with Gasteiger partial charge in [0.15, 0.2) is 5.82 Å². The molecule has 0 spiro atoms. The second kappa shape index (κ2) is 8.08. The van der Waals surface area contributed by atoms with E-state index in [1.54, 1.807) is 6.20 Å². The van der Waals surface area contributed by atoms with Crippen LogP contribution < -0.4 is 4.90 Å². The van der Waals surface area contributed by atoms with E-state index in [-0.39, 0.29) is 0 Å². The molecule has 4 heterocycles. The highest BCUT2D eigenvalue weighted by atomic mass is 15.3. The minimum absolute atomic E-state index is 0.354. The minimum Gasteiger partial charge on any atom is -0.356 e. The Morgan fingerprint density at radius 2 is 2.11 bits per heavy atom. The molecule has 148 valence electrons. The lowest BCUT2D eigenvalue weighted by atomic mass is 9.97. The number of nitrogens with zero attached hydrogens (tertiary/aromatic N) is 8. The van der Waals surface area contributed by atoms with Crippen molar-refractivity contribution in [2.45, 2.75) is 52.0 Å². The van der Waals surface area contributed by atoms with E-state index < -0.39 is 0 Å². The molecular formula is C20H28N8. The summed E-state index contributed by atoms with van der Waals surface area (Å²) >= 11 is 0. The lowest BCUT2D eigenvalue weighted by Gasteiger charge is -2.33. The predicted molar refractivity (Wildman–Crippen MR) is 107 cm³/mol. The van der Waals surface area contributed by atoms with Gasteiger partial charge in [0.1, 0.15) is 17.5 Å². The molecule has 0 saturated carbocycles. The zero-order valence-corrected chi connectivity index (χ0v) is 16.9. The van der Waals surface area contributed by atoms with Crippen LogP contribution in [-0.2, 0) is 20.0 Å². The van der Waals surface area contributed by atoms with Gasteiger partial charge in [0.25, 0.3) is 0 Å². The number of imidazole rings is 1. The highest BCUT2D eigenvalue weighted by Gasteiger charge is 2.27. The van der Waals surface area contributed by atoms with Crippen LogP contribution in [-0.4, -0.2) is 47.4 Å². The third kappa shape index (κ3) is 3.90. The predicted octanol–water partition coefficient (Wildman–Crippen LogP) is 2.49. The van der Waals surface area contributed by atoms with Gasteiger partial charge in [0.2, 0.25) is 0 Å². The van der Waals surface area contributed by atoms with Crippen LogP contribution in [0.25, 0.3) is 0 Å². The number of rotatable bonds is 6. The molecule has 4 rings (SSSR count). The Balaban J connectivity index is 1.52. The summed E-state index contributed by atoms with van der Waals surface area (Å²) in [7, 11) is 2.06. The van der Waals surface area contributed by atoms with Crippen molar-refractivity contribution >= 4 is 5.82 Å². The second-order valence-electron chi connectivity index (χ2n) is 7.57. The molecule has 0 amide bonds. The van der Waals surface area contributed by atoms with Crippen LogP contribution in [0.5, 0.6) is 0 Å².